The summed E-state index contributed by atoms with van der Waals surface area (Å²) in [5.41, 5.74) is 2.06. The van der Waals surface area contributed by atoms with Gasteiger partial charge in [-0.2, -0.15) is 0 Å². The van der Waals surface area contributed by atoms with E-state index >= 15 is 0 Å². The number of carbonyl (C=O) groups excluding carboxylic acids is 1. The second-order valence-corrected chi connectivity index (χ2v) is 7.65. The maximum absolute atomic E-state index is 11.9. The van der Waals surface area contributed by atoms with Crippen molar-refractivity contribution < 1.29 is 9.53 Å². The SMILES string of the molecule is CC(C)(C)c1ccc(NC(=O)NCC#CCOc2cccc(Br)c2)cc1. The molecule has 0 fully saturated rings. The summed E-state index contributed by atoms with van der Waals surface area (Å²) in [5.74, 6) is 6.47. The zero-order valence-corrected chi connectivity index (χ0v) is 16.8. The van der Waals surface area contributed by atoms with E-state index in [1.807, 2.05) is 48.5 Å². The summed E-state index contributed by atoms with van der Waals surface area (Å²) in [6.45, 7) is 6.99. The highest BCUT2D eigenvalue weighted by Crippen LogP contribution is 2.23. The summed E-state index contributed by atoms with van der Waals surface area (Å²) >= 11 is 3.38. The van der Waals surface area contributed by atoms with Crippen LogP contribution in [0.25, 0.3) is 0 Å². The molecule has 0 heterocycles. The summed E-state index contributed by atoms with van der Waals surface area (Å²) < 4.78 is 6.45. The van der Waals surface area contributed by atoms with Crippen LogP contribution in [0.3, 0.4) is 0 Å². The number of rotatable bonds is 4. The standard InChI is InChI=1S/C21H23BrN2O2/c1-21(2,3)16-9-11-18(12-10-16)24-20(25)23-13-4-5-14-26-19-8-6-7-17(22)15-19/h6-12,15H,13-14H2,1-3H3,(H2,23,24,25). The van der Waals surface area contributed by atoms with Gasteiger partial charge in [0.25, 0.3) is 0 Å². The van der Waals surface area contributed by atoms with Crippen LogP contribution in [0, 0.1) is 11.8 Å². The van der Waals surface area contributed by atoms with Crippen molar-refractivity contribution in [3.8, 4) is 17.6 Å². The van der Waals surface area contributed by atoms with Gasteiger partial charge >= 0.3 is 6.03 Å². The van der Waals surface area contributed by atoms with Crippen molar-refractivity contribution in [2.24, 2.45) is 0 Å². The van der Waals surface area contributed by atoms with Crippen molar-refractivity contribution in [2.75, 3.05) is 18.5 Å². The lowest BCUT2D eigenvalue weighted by Gasteiger charge is -2.19. The molecule has 0 radical (unpaired) electrons. The van der Waals surface area contributed by atoms with Gasteiger partial charge in [0, 0.05) is 10.2 Å². The third-order valence-electron chi connectivity index (χ3n) is 3.58. The van der Waals surface area contributed by atoms with Gasteiger partial charge in [0.1, 0.15) is 12.4 Å². The van der Waals surface area contributed by atoms with Crippen molar-refractivity contribution in [1.82, 2.24) is 5.32 Å². The van der Waals surface area contributed by atoms with Crippen LogP contribution < -0.4 is 15.4 Å². The molecule has 2 rings (SSSR count). The Balaban J connectivity index is 1.71. The molecule has 0 saturated heterocycles. The molecule has 2 N–H and O–H groups in total. The highest BCUT2D eigenvalue weighted by Gasteiger charge is 2.13. The van der Waals surface area contributed by atoms with E-state index < -0.39 is 0 Å². The zero-order chi connectivity index (χ0) is 19.0. The highest BCUT2D eigenvalue weighted by molar-refractivity contribution is 9.10. The number of hydrogen-bond acceptors (Lipinski definition) is 2. The molecule has 0 aliphatic carbocycles. The molecule has 2 aromatic rings. The molecule has 0 aromatic heterocycles. The first-order valence-corrected chi connectivity index (χ1v) is 9.13. The summed E-state index contributed by atoms with van der Waals surface area (Å²) in [6, 6.07) is 15.1. The van der Waals surface area contributed by atoms with Crippen molar-refractivity contribution in [2.45, 2.75) is 26.2 Å². The van der Waals surface area contributed by atoms with Crippen LogP contribution in [0.4, 0.5) is 10.5 Å². The average Bonchev–Trinajstić information content (AvgIpc) is 2.58. The Morgan fingerprint density at radius 1 is 1.12 bits per heavy atom. The molecule has 5 heteroatoms. The minimum atomic E-state index is -0.282. The van der Waals surface area contributed by atoms with Crippen molar-refractivity contribution in [3.63, 3.8) is 0 Å². The van der Waals surface area contributed by atoms with E-state index in [0.717, 1.165) is 15.9 Å². The van der Waals surface area contributed by atoms with Crippen LogP contribution in [0.2, 0.25) is 0 Å². The Kier molecular flexibility index (Phi) is 7.11. The molecule has 0 spiro atoms. The number of anilines is 1. The summed E-state index contributed by atoms with van der Waals surface area (Å²) in [7, 11) is 0. The molecule has 0 bridgehead atoms. The second kappa shape index (κ2) is 9.30. The minimum Gasteiger partial charge on any atom is -0.481 e. The molecule has 136 valence electrons. The Morgan fingerprint density at radius 3 is 2.50 bits per heavy atom. The number of halogens is 1. The molecule has 0 aliphatic heterocycles. The fraction of sp³-hybridized carbons (Fsp3) is 0.286. The molecule has 4 nitrogen and oxygen atoms in total. The maximum Gasteiger partial charge on any atom is 0.319 e. The van der Waals surface area contributed by atoms with Crippen molar-refractivity contribution in [1.29, 1.82) is 0 Å². The number of urea groups is 1. The van der Waals surface area contributed by atoms with E-state index in [2.05, 4.69) is 59.2 Å². The van der Waals surface area contributed by atoms with Gasteiger partial charge < -0.3 is 15.4 Å². The van der Waals surface area contributed by atoms with Crippen LogP contribution in [0.15, 0.2) is 53.0 Å². The lowest BCUT2D eigenvalue weighted by Crippen LogP contribution is -2.29. The smallest absolute Gasteiger partial charge is 0.319 e. The zero-order valence-electron chi connectivity index (χ0n) is 15.2. The minimum absolute atomic E-state index is 0.0915. The quantitative estimate of drug-likeness (QED) is 0.695. The van der Waals surface area contributed by atoms with E-state index in [1.54, 1.807) is 0 Å². The number of carbonyl (C=O) groups is 1. The van der Waals surface area contributed by atoms with Gasteiger partial charge in [-0.1, -0.05) is 66.7 Å². The number of hydrogen-bond donors (Lipinski definition) is 2. The molecule has 2 aromatic carbocycles. The molecular weight excluding hydrogens is 392 g/mol. The van der Waals surface area contributed by atoms with Crippen LogP contribution in [0.1, 0.15) is 26.3 Å². The van der Waals surface area contributed by atoms with E-state index in [0.29, 0.717) is 0 Å². The molecule has 0 atom stereocenters. The average molecular weight is 415 g/mol. The van der Waals surface area contributed by atoms with Gasteiger partial charge in [0.2, 0.25) is 0 Å². The molecule has 0 saturated carbocycles. The highest BCUT2D eigenvalue weighted by atomic mass is 79.9. The fourth-order valence-corrected chi connectivity index (χ4v) is 2.52. The first kappa shape index (κ1) is 19.9. The summed E-state index contributed by atoms with van der Waals surface area (Å²) in [4.78, 5) is 11.9. The van der Waals surface area contributed by atoms with Crippen LogP contribution in [0.5, 0.6) is 5.75 Å². The topological polar surface area (TPSA) is 50.4 Å². The number of benzene rings is 2. The Bertz CT molecular complexity index is 799. The molecule has 0 unspecified atom stereocenters. The monoisotopic (exact) mass is 414 g/mol. The Morgan fingerprint density at radius 2 is 1.85 bits per heavy atom. The van der Waals surface area contributed by atoms with Gasteiger partial charge in [-0.25, -0.2) is 4.79 Å². The number of ether oxygens (including phenoxy) is 1. The van der Waals surface area contributed by atoms with Gasteiger partial charge in [0.15, 0.2) is 0 Å². The maximum atomic E-state index is 11.9. The number of amides is 2. The third kappa shape index (κ3) is 6.81. The predicted molar refractivity (Wildman–Crippen MR) is 110 cm³/mol. The van der Waals surface area contributed by atoms with Gasteiger partial charge in [-0.05, 0) is 41.3 Å². The number of nitrogens with one attached hydrogen (secondary N) is 2. The van der Waals surface area contributed by atoms with E-state index in [1.165, 1.54) is 5.56 Å². The molecule has 0 aliphatic rings. The molecule has 2 amide bonds. The molecular formula is C21H23BrN2O2. The predicted octanol–water partition coefficient (Wildman–Crippen LogP) is 4.95. The second-order valence-electron chi connectivity index (χ2n) is 6.73. The largest absolute Gasteiger partial charge is 0.481 e. The fourth-order valence-electron chi connectivity index (χ4n) is 2.14. The van der Waals surface area contributed by atoms with Gasteiger partial charge in [-0.3, -0.25) is 0 Å². The van der Waals surface area contributed by atoms with Crippen molar-refractivity contribution >= 4 is 27.6 Å². The van der Waals surface area contributed by atoms with E-state index in [4.69, 9.17) is 4.74 Å². The van der Waals surface area contributed by atoms with Crippen LogP contribution in [-0.2, 0) is 5.41 Å². The third-order valence-corrected chi connectivity index (χ3v) is 4.07. The van der Waals surface area contributed by atoms with Crippen molar-refractivity contribution in [3.05, 3.63) is 58.6 Å². The van der Waals surface area contributed by atoms with E-state index in [9.17, 15) is 4.79 Å². The van der Waals surface area contributed by atoms with Gasteiger partial charge in [-0.15, -0.1) is 0 Å². The Labute approximate surface area is 163 Å². The van der Waals surface area contributed by atoms with Crippen LogP contribution in [-0.4, -0.2) is 19.2 Å². The first-order chi connectivity index (χ1) is 12.3. The molecule has 26 heavy (non-hydrogen) atoms. The van der Waals surface area contributed by atoms with Gasteiger partial charge in [0.05, 0.1) is 6.54 Å². The van der Waals surface area contributed by atoms with Crippen LogP contribution >= 0.6 is 15.9 Å². The van der Waals surface area contributed by atoms with E-state index in [-0.39, 0.29) is 24.6 Å². The summed E-state index contributed by atoms with van der Waals surface area (Å²) in [5, 5.41) is 5.49. The Hall–Kier alpha value is -2.45. The lowest BCUT2D eigenvalue weighted by molar-refractivity contribution is 0.253. The normalized spacial score (nSPS) is 10.5. The summed E-state index contributed by atoms with van der Waals surface area (Å²) in [6.07, 6.45) is 0. The first-order valence-electron chi connectivity index (χ1n) is 8.34. The lowest BCUT2D eigenvalue weighted by atomic mass is 9.87.